The third-order valence-corrected chi connectivity index (χ3v) is 3.24. The lowest BCUT2D eigenvalue weighted by atomic mass is 10.0. The summed E-state index contributed by atoms with van der Waals surface area (Å²) in [6, 6.07) is 8.63. The van der Waals surface area contributed by atoms with Crippen molar-refractivity contribution in [2.45, 2.75) is 12.5 Å². The summed E-state index contributed by atoms with van der Waals surface area (Å²) >= 11 is 0. The van der Waals surface area contributed by atoms with Gasteiger partial charge in [-0.15, -0.1) is 0 Å². The average Bonchev–Trinajstić information content (AvgIpc) is 2.76. The van der Waals surface area contributed by atoms with Crippen LogP contribution in [0.2, 0.25) is 0 Å². The van der Waals surface area contributed by atoms with Crippen LogP contribution >= 0.6 is 0 Å². The molecule has 0 spiro atoms. The number of nitrogen functional groups attached to an aromatic ring is 1. The van der Waals surface area contributed by atoms with Crippen LogP contribution in [0.1, 0.15) is 18.0 Å². The number of rotatable bonds is 1. The zero-order chi connectivity index (χ0) is 11.0. The number of nitrogens with two attached hydrogens (primary N) is 1. The number of benzene rings is 1. The lowest BCUT2D eigenvalue weighted by Gasteiger charge is -2.32. The van der Waals surface area contributed by atoms with E-state index in [4.69, 9.17) is 5.73 Å². The van der Waals surface area contributed by atoms with Crippen molar-refractivity contribution < 1.29 is 0 Å². The molecule has 0 bridgehead atoms. The van der Waals surface area contributed by atoms with E-state index in [0.29, 0.717) is 6.04 Å². The molecule has 4 nitrogen and oxygen atoms in total. The van der Waals surface area contributed by atoms with Crippen LogP contribution in [0.25, 0.3) is 0 Å². The summed E-state index contributed by atoms with van der Waals surface area (Å²) in [6.45, 7) is 2.94. The predicted octanol–water partition coefficient (Wildman–Crippen LogP) is 0.975. The molecule has 3 rings (SSSR count). The maximum atomic E-state index is 5.84. The summed E-state index contributed by atoms with van der Waals surface area (Å²) in [6.07, 6.45) is 1.08. The molecule has 4 heteroatoms. The molecule has 1 atom stereocenters. The van der Waals surface area contributed by atoms with E-state index >= 15 is 0 Å². The first kappa shape index (κ1) is 9.51. The van der Waals surface area contributed by atoms with Crippen molar-refractivity contribution in [3.05, 3.63) is 29.8 Å². The Morgan fingerprint density at radius 2 is 2.38 bits per heavy atom. The van der Waals surface area contributed by atoms with Crippen molar-refractivity contribution in [1.82, 2.24) is 10.2 Å². The number of hydrogen-bond donors (Lipinski definition) is 2. The van der Waals surface area contributed by atoms with E-state index in [2.05, 4.69) is 27.3 Å². The van der Waals surface area contributed by atoms with Crippen molar-refractivity contribution in [1.29, 1.82) is 0 Å². The highest BCUT2D eigenvalue weighted by Gasteiger charge is 2.29. The van der Waals surface area contributed by atoms with Crippen LogP contribution in [-0.4, -0.2) is 30.5 Å². The van der Waals surface area contributed by atoms with Gasteiger partial charge in [0, 0.05) is 25.3 Å². The third-order valence-electron chi connectivity index (χ3n) is 3.24. The molecule has 0 amide bonds. The normalized spacial score (nSPS) is 23.6. The Morgan fingerprint density at radius 1 is 1.44 bits per heavy atom. The van der Waals surface area contributed by atoms with Gasteiger partial charge in [-0.05, 0) is 24.1 Å². The Balaban J connectivity index is 1.92. The second-order valence-electron chi connectivity index (χ2n) is 4.30. The number of guanidine groups is 1. The molecule has 0 radical (unpaired) electrons. The molecule has 16 heavy (non-hydrogen) atoms. The molecule has 1 aromatic rings. The Morgan fingerprint density at radius 3 is 3.25 bits per heavy atom. The van der Waals surface area contributed by atoms with Crippen LogP contribution in [0.3, 0.4) is 0 Å². The zero-order valence-corrected chi connectivity index (χ0v) is 9.19. The number of hydrogen-bond acceptors (Lipinski definition) is 4. The smallest absolute Gasteiger partial charge is 0.194 e. The van der Waals surface area contributed by atoms with Gasteiger partial charge in [0.15, 0.2) is 5.96 Å². The molecular formula is C12H16N4. The molecule has 2 heterocycles. The molecule has 2 aliphatic rings. The largest absolute Gasteiger partial charge is 0.399 e. The zero-order valence-electron chi connectivity index (χ0n) is 9.19. The minimum atomic E-state index is 0.436. The Kier molecular flexibility index (Phi) is 2.20. The van der Waals surface area contributed by atoms with E-state index in [1.807, 2.05) is 12.1 Å². The fraction of sp³-hybridized carbons (Fsp3) is 0.417. The summed E-state index contributed by atoms with van der Waals surface area (Å²) in [7, 11) is 0. The Hall–Kier alpha value is -1.71. The first-order valence-corrected chi connectivity index (χ1v) is 5.75. The van der Waals surface area contributed by atoms with E-state index in [9.17, 15) is 0 Å². The quantitative estimate of drug-likeness (QED) is 0.688. The van der Waals surface area contributed by atoms with Crippen molar-refractivity contribution in [3.8, 4) is 0 Å². The number of fused-ring (bicyclic) bond motifs is 1. The molecule has 0 aromatic heterocycles. The fourth-order valence-corrected chi connectivity index (χ4v) is 2.51. The van der Waals surface area contributed by atoms with Crippen LogP contribution < -0.4 is 11.1 Å². The highest BCUT2D eigenvalue weighted by molar-refractivity contribution is 5.83. The van der Waals surface area contributed by atoms with Gasteiger partial charge >= 0.3 is 0 Å². The van der Waals surface area contributed by atoms with Gasteiger partial charge < -0.3 is 16.0 Å². The number of nitrogens with one attached hydrogen (secondary N) is 1. The first-order chi connectivity index (χ1) is 7.84. The summed E-state index contributed by atoms with van der Waals surface area (Å²) in [5.41, 5.74) is 7.98. The van der Waals surface area contributed by atoms with Gasteiger partial charge in [-0.3, -0.25) is 4.99 Å². The van der Waals surface area contributed by atoms with Gasteiger partial charge in [0.25, 0.3) is 0 Å². The molecule has 0 aliphatic carbocycles. The van der Waals surface area contributed by atoms with Crippen molar-refractivity contribution in [2.75, 3.05) is 25.4 Å². The number of nitrogens with zero attached hydrogens (tertiary/aromatic N) is 2. The van der Waals surface area contributed by atoms with E-state index in [1.54, 1.807) is 0 Å². The molecule has 3 N–H and O–H groups in total. The van der Waals surface area contributed by atoms with E-state index in [-0.39, 0.29) is 0 Å². The van der Waals surface area contributed by atoms with Gasteiger partial charge in [0.1, 0.15) is 0 Å². The Labute approximate surface area is 95.2 Å². The van der Waals surface area contributed by atoms with Crippen LogP contribution in [0.5, 0.6) is 0 Å². The second-order valence-corrected chi connectivity index (χ2v) is 4.30. The summed E-state index contributed by atoms with van der Waals surface area (Å²) < 4.78 is 0. The average molecular weight is 216 g/mol. The van der Waals surface area contributed by atoms with Crippen LogP contribution in [-0.2, 0) is 0 Å². The van der Waals surface area contributed by atoms with Crippen LogP contribution in [0.15, 0.2) is 29.3 Å². The maximum absolute atomic E-state index is 5.84. The highest BCUT2D eigenvalue weighted by atomic mass is 15.4. The van der Waals surface area contributed by atoms with Crippen LogP contribution in [0.4, 0.5) is 5.69 Å². The second kappa shape index (κ2) is 3.70. The van der Waals surface area contributed by atoms with Crippen molar-refractivity contribution >= 4 is 11.6 Å². The molecule has 2 aliphatic heterocycles. The van der Waals surface area contributed by atoms with Crippen molar-refractivity contribution in [3.63, 3.8) is 0 Å². The molecule has 0 saturated carbocycles. The lowest BCUT2D eigenvalue weighted by molar-refractivity contribution is 0.315. The van der Waals surface area contributed by atoms with E-state index in [0.717, 1.165) is 37.7 Å². The van der Waals surface area contributed by atoms with Gasteiger partial charge in [-0.2, -0.15) is 0 Å². The van der Waals surface area contributed by atoms with Crippen LogP contribution in [0, 0.1) is 0 Å². The van der Waals surface area contributed by atoms with Gasteiger partial charge in [-0.1, -0.05) is 12.1 Å². The topological polar surface area (TPSA) is 53.6 Å². The summed E-state index contributed by atoms with van der Waals surface area (Å²) in [5, 5.41) is 3.32. The number of anilines is 1. The molecule has 1 fully saturated rings. The van der Waals surface area contributed by atoms with E-state index < -0.39 is 0 Å². The minimum Gasteiger partial charge on any atom is -0.399 e. The van der Waals surface area contributed by atoms with Gasteiger partial charge in [0.2, 0.25) is 0 Å². The molecule has 1 aromatic carbocycles. The van der Waals surface area contributed by atoms with Crippen molar-refractivity contribution in [2.24, 2.45) is 4.99 Å². The molecule has 84 valence electrons. The predicted molar refractivity (Wildman–Crippen MR) is 65.2 cm³/mol. The SMILES string of the molecule is Nc1cccc(C2CCN=C3NCCN32)c1. The molecular weight excluding hydrogens is 200 g/mol. The Bertz CT molecular complexity index is 427. The lowest BCUT2D eigenvalue weighted by Crippen LogP contribution is -2.37. The van der Waals surface area contributed by atoms with Gasteiger partial charge in [-0.25, -0.2) is 0 Å². The van der Waals surface area contributed by atoms with Gasteiger partial charge in [0.05, 0.1) is 6.04 Å². The standard InChI is InChI=1S/C12H16N4/c13-10-3-1-2-9(8-10)11-4-5-14-12-15-6-7-16(11)12/h1-3,8,11H,4-7,13H2,(H,14,15). The summed E-state index contributed by atoms with van der Waals surface area (Å²) in [5.74, 6) is 1.05. The summed E-state index contributed by atoms with van der Waals surface area (Å²) in [4.78, 5) is 6.84. The molecule has 1 saturated heterocycles. The molecule has 1 unspecified atom stereocenters. The fourth-order valence-electron chi connectivity index (χ4n) is 2.51. The maximum Gasteiger partial charge on any atom is 0.194 e. The van der Waals surface area contributed by atoms with E-state index in [1.165, 1.54) is 5.56 Å². The first-order valence-electron chi connectivity index (χ1n) is 5.75. The highest BCUT2D eigenvalue weighted by Crippen LogP contribution is 2.29. The monoisotopic (exact) mass is 216 g/mol. The number of aliphatic imine (C=N–C) groups is 1. The minimum absolute atomic E-state index is 0.436. The third kappa shape index (κ3) is 1.50.